The molecule has 29 heavy (non-hydrogen) atoms. The summed E-state index contributed by atoms with van der Waals surface area (Å²) in [6.45, 7) is 8.37. The highest BCUT2D eigenvalue weighted by atomic mass is 35.5. The Morgan fingerprint density at radius 2 is 1.97 bits per heavy atom. The molecule has 0 bridgehead atoms. The van der Waals surface area contributed by atoms with Crippen LogP contribution in [0.15, 0.2) is 45.4 Å². The fourth-order valence-corrected chi connectivity index (χ4v) is 3.59. The van der Waals surface area contributed by atoms with Crippen LogP contribution in [-0.4, -0.2) is 26.6 Å². The number of hydrogen-bond acceptors (Lipinski definition) is 6. The monoisotopic (exact) mass is 410 g/mol. The number of aryl methyl sites for hydroxylation is 2. The van der Waals surface area contributed by atoms with Gasteiger partial charge in [-0.25, -0.2) is 4.98 Å². The standard InChI is InChI=1S/C22H23ClN4O2/c1-4-9-27(13-19-25-26-22(29-19)18-6-5-10-28-18)12-17-11-16-8-7-14(2)15(3)20(16)24-21(17)23/h5-8,10-11H,4,9,12-13H2,1-3H3. The first-order valence-electron chi connectivity index (χ1n) is 9.69. The van der Waals surface area contributed by atoms with Gasteiger partial charge in [0.05, 0.1) is 18.3 Å². The SMILES string of the molecule is CCCN(Cc1nnc(-c2ccco2)o1)Cc1cc2ccc(C)c(C)c2nc1Cl. The Labute approximate surface area is 174 Å². The van der Waals surface area contributed by atoms with E-state index in [0.29, 0.717) is 35.8 Å². The van der Waals surface area contributed by atoms with Crippen LogP contribution in [0.2, 0.25) is 5.15 Å². The lowest BCUT2D eigenvalue weighted by atomic mass is 10.0. The predicted octanol–water partition coefficient (Wildman–Crippen LogP) is 5.56. The van der Waals surface area contributed by atoms with Gasteiger partial charge in [0.15, 0.2) is 5.76 Å². The molecule has 0 saturated heterocycles. The average molecular weight is 411 g/mol. The molecule has 0 spiro atoms. The van der Waals surface area contributed by atoms with Crippen LogP contribution in [0.4, 0.5) is 0 Å². The molecular formula is C22H23ClN4O2. The first-order chi connectivity index (χ1) is 14.0. The fourth-order valence-electron chi connectivity index (χ4n) is 3.39. The molecule has 0 unspecified atom stereocenters. The Bertz CT molecular complexity index is 1120. The van der Waals surface area contributed by atoms with E-state index in [0.717, 1.165) is 35.0 Å². The minimum Gasteiger partial charge on any atom is -0.459 e. The van der Waals surface area contributed by atoms with E-state index in [4.69, 9.17) is 20.4 Å². The van der Waals surface area contributed by atoms with E-state index in [2.05, 4.69) is 59.1 Å². The molecule has 150 valence electrons. The maximum absolute atomic E-state index is 6.54. The molecule has 4 aromatic rings. The number of aromatic nitrogens is 3. The van der Waals surface area contributed by atoms with Gasteiger partial charge in [-0.3, -0.25) is 4.90 Å². The summed E-state index contributed by atoms with van der Waals surface area (Å²) in [4.78, 5) is 6.90. The Morgan fingerprint density at radius 1 is 1.10 bits per heavy atom. The fraction of sp³-hybridized carbons (Fsp3) is 0.318. The highest BCUT2D eigenvalue weighted by molar-refractivity contribution is 6.30. The maximum atomic E-state index is 6.54. The molecule has 0 radical (unpaired) electrons. The summed E-state index contributed by atoms with van der Waals surface area (Å²) in [6.07, 6.45) is 2.58. The largest absolute Gasteiger partial charge is 0.459 e. The first kappa shape index (κ1) is 19.6. The maximum Gasteiger partial charge on any atom is 0.283 e. The third-order valence-corrected chi connectivity index (χ3v) is 5.36. The van der Waals surface area contributed by atoms with Gasteiger partial charge < -0.3 is 8.83 Å². The number of halogens is 1. The molecule has 0 N–H and O–H groups in total. The zero-order valence-electron chi connectivity index (χ0n) is 16.8. The molecule has 0 fully saturated rings. The lowest BCUT2D eigenvalue weighted by molar-refractivity contribution is 0.231. The Morgan fingerprint density at radius 3 is 2.72 bits per heavy atom. The van der Waals surface area contributed by atoms with Crippen molar-refractivity contribution in [2.75, 3.05) is 6.54 Å². The van der Waals surface area contributed by atoms with Gasteiger partial charge in [0.2, 0.25) is 5.89 Å². The molecule has 3 aromatic heterocycles. The van der Waals surface area contributed by atoms with Gasteiger partial charge in [-0.05, 0) is 56.1 Å². The normalized spacial score (nSPS) is 11.6. The smallest absolute Gasteiger partial charge is 0.283 e. The molecule has 0 atom stereocenters. The van der Waals surface area contributed by atoms with Crippen molar-refractivity contribution in [1.29, 1.82) is 0 Å². The van der Waals surface area contributed by atoms with Gasteiger partial charge in [0.25, 0.3) is 5.89 Å². The molecule has 0 saturated carbocycles. The van der Waals surface area contributed by atoms with Gasteiger partial charge in [0.1, 0.15) is 5.15 Å². The topological polar surface area (TPSA) is 68.2 Å². The van der Waals surface area contributed by atoms with Crippen molar-refractivity contribution in [3.8, 4) is 11.7 Å². The van der Waals surface area contributed by atoms with Crippen LogP contribution in [0.25, 0.3) is 22.6 Å². The van der Waals surface area contributed by atoms with Crippen LogP contribution in [0.3, 0.4) is 0 Å². The Kier molecular flexibility index (Phi) is 5.65. The van der Waals surface area contributed by atoms with Crippen molar-refractivity contribution in [1.82, 2.24) is 20.1 Å². The quantitative estimate of drug-likeness (QED) is 0.371. The second-order valence-corrected chi connectivity index (χ2v) is 7.56. The molecular weight excluding hydrogens is 388 g/mol. The number of fused-ring (bicyclic) bond motifs is 1. The number of furan rings is 1. The highest BCUT2D eigenvalue weighted by Gasteiger charge is 2.16. The number of hydrogen-bond donors (Lipinski definition) is 0. The van der Waals surface area contributed by atoms with Crippen LogP contribution in [-0.2, 0) is 13.1 Å². The van der Waals surface area contributed by atoms with E-state index in [1.165, 1.54) is 5.56 Å². The molecule has 4 rings (SSSR count). The molecule has 0 amide bonds. The predicted molar refractivity (Wildman–Crippen MR) is 113 cm³/mol. The van der Waals surface area contributed by atoms with Crippen molar-refractivity contribution in [2.24, 2.45) is 0 Å². The zero-order chi connectivity index (χ0) is 20.4. The van der Waals surface area contributed by atoms with Crippen molar-refractivity contribution in [3.63, 3.8) is 0 Å². The third-order valence-electron chi connectivity index (χ3n) is 5.03. The summed E-state index contributed by atoms with van der Waals surface area (Å²) in [5.74, 6) is 1.50. The summed E-state index contributed by atoms with van der Waals surface area (Å²) in [6, 6.07) is 9.94. The Balaban J connectivity index is 1.57. The van der Waals surface area contributed by atoms with Crippen molar-refractivity contribution < 1.29 is 8.83 Å². The molecule has 0 aliphatic heterocycles. The Hall–Kier alpha value is -2.70. The first-order valence-corrected chi connectivity index (χ1v) is 10.1. The van der Waals surface area contributed by atoms with Crippen LogP contribution in [0.5, 0.6) is 0 Å². The molecule has 6 nitrogen and oxygen atoms in total. The summed E-state index contributed by atoms with van der Waals surface area (Å²) < 4.78 is 11.1. The van der Waals surface area contributed by atoms with E-state index in [-0.39, 0.29) is 0 Å². The van der Waals surface area contributed by atoms with Gasteiger partial charge in [-0.1, -0.05) is 30.7 Å². The van der Waals surface area contributed by atoms with E-state index in [1.54, 1.807) is 18.4 Å². The minimum absolute atomic E-state index is 0.387. The lowest BCUT2D eigenvalue weighted by Gasteiger charge is -2.20. The van der Waals surface area contributed by atoms with E-state index < -0.39 is 0 Å². The summed E-state index contributed by atoms with van der Waals surface area (Å²) in [7, 11) is 0. The number of pyridine rings is 1. The molecule has 7 heteroatoms. The molecule has 0 aliphatic rings. The van der Waals surface area contributed by atoms with Crippen molar-refractivity contribution in [3.05, 3.63) is 64.3 Å². The van der Waals surface area contributed by atoms with E-state index in [1.807, 2.05) is 0 Å². The van der Waals surface area contributed by atoms with Gasteiger partial charge in [-0.2, -0.15) is 0 Å². The second kappa shape index (κ2) is 8.35. The second-order valence-electron chi connectivity index (χ2n) is 7.21. The molecule has 1 aromatic carbocycles. The number of nitrogens with zero attached hydrogens (tertiary/aromatic N) is 4. The van der Waals surface area contributed by atoms with Crippen molar-refractivity contribution in [2.45, 2.75) is 40.3 Å². The third kappa shape index (κ3) is 4.18. The van der Waals surface area contributed by atoms with E-state index >= 15 is 0 Å². The highest BCUT2D eigenvalue weighted by Crippen LogP contribution is 2.26. The lowest BCUT2D eigenvalue weighted by Crippen LogP contribution is -2.24. The molecule has 0 aliphatic carbocycles. The average Bonchev–Trinajstić information content (AvgIpc) is 3.38. The summed E-state index contributed by atoms with van der Waals surface area (Å²) in [5.41, 5.74) is 4.32. The van der Waals surface area contributed by atoms with Crippen LogP contribution in [0, 0.1) is 13.8 Å². The summed E-state index contributed by atoms with van der Waals surface area (Å²) in [5, 5.41) is 9.88. The van der Waals surface area contributed by atoms with Crippen LogP contribution >= 0.6 is 11.6 Å². The number of rotatable bonds is 7. The van der Waals surface area contributed by atoms with Gasteiger partial charge in [0, 0.05) is 17.5 Å². The van der Waals surface area contributed by atoms with Crippen molar-refractivity contribution >= 4 is 22.5 Å². The van der Waals surface area contributed by atoms with Gasteiger partial charge >= 0.3 is 0 Å². The number of benzene rings is 1. The van der Waals surface area contributed by atoms with Crippen LogP contribution < -0.4 is 0 Å². The van der Waals surface area contributed by atoms with E-state index in [9.17, 15) is 0 Å². The summed E-state index contributed by atoms with van der Waals surface area (Å²) >= 11 is 6.54. The van der Waals surface area contributed by atoms with Gasteiger partial charge in [-0.15, -0.1) is 10.2 Å². The van der Waals surface area contributed by atoms with Crippen LogP contribution in [0.1, 0.15) is 35.9 Å². The molecule has 3 heterocycles. The zero-order valence-corrected chi connectivity index (χ0v) is 17.5. The minimum atomic E-state index is 0.387.